The Kier molecular flexibility index (Phi) is 1.58. The van der Waals surface area contributed by atoms with E-state index in [-0.39, 0.29) is 0 Å². The van der Waals surface area contributed by atoms with E-state index in [0.717, 1.165) is 15.7 Å². The number of nitrogens with one attached hydrogen (secondary N) is 1. The summed E-state index contributed by atoms with van der Waals surface area (Å²) in [6.07, 6.45) is 0. The van der Waals surface area contributed by atoms with Gasteiger partial charge in [0.15, 0.2) is 5.82 Å². The van der Waals surface area contributed by atoms with Gasteiger partial charge in [0.05, 0.1) is 9.88 Å². The Balaban J connectivity index is 2.43. The average Bonchev–Trinajstić information content (AvgIpc) is 2.58. The van der Waals surface area contributed by atoms with E-state index in [2.05, 4.69) is 15.2 Å². The molecule has 0 aliphatic carbocycles. The molecular weight excluding hydrogens is 172 g/mol. The first-order valence-corrected chi connectivity index (χ1v) is 4.32. The lowest BCUT2D eigenvalue weighted by Crippen LogP contribution is -1.74. The predicted octanol–water partition coefficient (Wildman–Crippen LogP) is 1.42. The first kappa shape index (κ1) is 7.30. The van der Waals surface area contributed by atoms with Crippen molar-refractivity contribution in [1.82, 2.24) is 15.2 Å². The largest absolute Gasteiger partial charge is 0.391 e. The lowest BCUT2D eigenvalue weighted by Gasteiger charge is -1.83. The first-order chi connectivity index (χ1) is 5.75. The van der Waals surface area contributed by atoms with Gasteiger partial charge in [0.2, 0.25) is 0 Å². The average molecular weight is 180 g/mol. The molecule has 4 nitrogen and oxygen atoms in total. The van der Waals surface area contributed by atoms with Crippen LogP contribution in [0.3, 0.4) is 0 Å². The maximum absolute atomic E-state index is 5.58. The van der Waals surface area contributed by atoms with Gasteiger partial charge in [-0.2, -0.15) is 5.10 Å². The zero-order valence-corrected chi connectivity index (χ0v) is 7.35. The Morgan fingerprint density at radius 1 is 1.50 bits per heavy atom. The van der Waals surface area contributed by atoms with Gasteiger partial charge in [0.1, 0.15) is 5.82 Å². The van der Waals surface area contributed by atoms with Crippen molar-refractivity contribution in [3.8, 4) is 10.7 Å². The summed E-state index contributed by atoms with van der Waals surface area (Å²) in [6.45, 7) is 1.87. The molecular formula is C7H8N4S. The smallest absolute Gasteiger partial charge is 0.191 e. The van der Waals surface area contributed by atoms with E-state index in [1.54, 1.807) is 0 Å². The Morgan fingerprint density at radius 3 is 2.83 bits per heavy atom. The second-order valence-corrected chi connectivity index (χ2v) is 3.56. The van der Waals surface area contributed by atoms with Gasteiger partial charge < -0.3 is 5.73 Å². The van der Waals surface area contributed by atoms with Gasteiger partial charge in [-0.3, -0.25) is 5.10 Å². The molecule has 12 heavy (non-hydrogen) atoms. The third kappa shape index (κ3) is 1.18. The highest BCUT2D eigenvalue weighted by Gasteiger charge is 2.04. The Labute approximate surface area is 73.5 Å². The number of rotatable bonds is 1. The highest BCUT2D eigenvalue weighted by atomic mass is 32.1. The lowest BCUT2D eigenvalue weighted by atomic mass is 10.4. The van der Waals surface area contributed by atoms with Crippen molar-refractivity contribution in [1.29, 1.82) is 0 Å². The lowest BCUT2D eigenvalue weighted by molar-refractivity contribution is 1.04. The van der Waals surface area contributed by atoms with Crippen molar-refractivity contribution in [3.63, 3.8) is 0 Å². The number of aromatic nitrogens is 3. The molecule has 2 rings (SSSR count). The second kappa shape index (κ2) is 2.60. The van der Waals surface area contributed by atoms with E-state index in [1.165, 1.54) is 11.3 Å². The molecule has 0 spiro atoms. The van der Waals surface area contributed by atoms with Gasteiger partial charge in [-0.15, -0.1) is 11.3 Å². The molecule has 5 heteroatoms. The number of thiophene rings is 1. The number of nitrogen functional groups attached to an aromatic ring is 1. The van der Waals surface area contributed by atoms with Crippen LogP contribution in [0, 0.1) is 6.92 Å². The molecule has 3 N–H and O–H groups in total. The molecule has 0 unspecified atom stereocenters. The predicted molar refractivity (Wildman–Crippen MR) is 48.8 cm³/mol. The van der Waals surface area contributed by atoms with E-state index in [4.69, 9.17) is 5.73 Å². The molecule has 0 saturated carbocycles. The molecule has 2 aromatic heterocycles. The molecule has 0 aromatic carbocycles. The Morgan fingerprint density at radius 2 is 2.33 bits per heavy atom. The van der Waals surface area contributed by atoms with Crippen molar-refractivity contribution in [2.75, 3.05) is 5.73 Å². The summed E-state index contributed by atoms with van der Waals surface area (Å²) in [5.74, 6) is 1.53. The summed E-state index contributed by atoms with van der Waals surface area (Å²) < 4.78 is 0. The van der Waals surface area contributed by atoms with Crippen molar-refractivity contribution >= 4 is 16.3 Å². The number of hydrogen-bond acceptors (Lipinski definition) is 4. The SMILES string of the molecule is Cc1nc(-c2ccc(N)s2)n[nH]1. The molecule has 0 aliphatic rings. The fourth-order valence-corrected chi connectivity index (χ4v) is 1.63. The van der Waals surface area contributed by atoms with E-state index in [1.807, 2.05) is 19.1 Å². The highest BCUT2D eigenvalue weighted by Crippen LogP contribution is 2.26. The fraction of sp³-hybridized carbons (Fsp3) is 0.143. The molecule has 2 heterocycles. The topological polar surface area (TPSA) is 67.6 Å². The van der Waals surface area contributed by atoms with Crippen molar-refractivity contribution in [2.24, 2.45) is 0 Å². The van der Waals surface area contributed by atoms with Gasteiger partial charge in [-0.05, 0) is 19.1 Å². The van der Waals surface area contributed by atoms with Gasteiger partial charge in [0.25, 0.3) is 0 Å². The zero-order valence-electron chi connectivity index (χ0n) is 6.53. The maximum Gasteiger partial charge on any atom is 0.191 e. The first-order valence-electron chi connectivity index (χ1n) is 3.50. The number of aromatic amines is 1. The number of H-pyrrole nitrogens is 1. The van der Waals surface area contributed by atoms with Crippen LogP contribution in [0.15, 0.2) is 12.1 Å². The molecule has 2 aromatic rings. The second-order valence-electron chi connectivity index (χ2n) is 2.45. The van der Waals surface area contributed by atoms with Crippen LogP contribution in [0.5, 0.6) is 0 Å². The van der Waals surface area contributed by atoms with Crippen LogP contribution in [-0.4, -0.2) is 15.2 Å². The normalized spacial score (nSPS) is 10.4. The third-order valence-corrected chi connectivity index (χ3v) is 2.35. The number of nitrogens with zero attached hydrogens (tertiary/aromatic N) is 2. The van der Waals surface area contributed by atoms with Gasteiger partial charge in [0, 0.05) is 0 Å². The summed E-state index contributed by atoms with van der Waals surface area (Å²) in [7, 11) is 0. The van der Waals surface area contributed by atoms with Crippen LogP contribution in [0.25, 0.3) is 10.7 Å². The van der Waals surface area contributed by atoms with Gasteiger partial charge in [-0.25, -0.2) is 4.98 Å². The zero-order chi connectivity index (χ0) is 8.55. The minimum atomic E-state index is 0.717. The van der Waals surface area contributed by atoms with Crippen LogP contribution in [-0.2, 0) is 0 Å². The summed E-state index contributed by atoms with van der Waals surface area (Å²) >= 11 is 1.49. The third-order valence-electron chi connectivity index (χ3n) is 1.44. The van der Waals surface area contributed by atoms with E-state index in [0.29, 0.717) is 5.82 Å². The van der Waals surface area contributed by atoms with E-state index < -0.39 is 0 Å². The molecule has 0 amide bonds. The quantitative estimate of drug-likeness (QED) is 0.697. The number of hydrogen-bond donors (Lipinski definition) is 2. The molecule has 0 saturated heterocycles. The van der Waals surface area contributed by atoms with Crippen molar-refractivity contribution in [3.05, 3.63) is 18.0 Å². The summed E-state index contributed by atoms with van der Waals surface area (Å²) in [5, 5.41) is 7.58. The summed E-state index contributed by atoms with van der Waals surface area (Å²) in [6, 6.07) is 3.77. The highest BCUT2D eigenvalue weighted by molar-refractivity contribution is 7.19. The van der Waals surface area contributed by atoms with Gasteiger partial charge >= 0.3 is 0 Å². The molecule has 0 bridgehead atoms. The Bertz CT molecular complexity index is 351. The molecule has 0 fully saturated rings. The number of aryl methyl sites for hydroxylation is 1. The van der Waals surface area contributed by atoms with Crippen LogP contribution >= 0.6 is 11.3 Å². The maximum atomic E-state index is 5.58. The standard InChI is InChI=1S/C7H8N4S/c1-4-9-7(11-10-4)5-2-3-6(8)12-5/h2-3H,8H2,1H3,(H,9,10,11). The van der Waals surface area contributed by atoms with E-state index >= 15 is 0 Å². The van der Waals surface area contributed by atoms with Crippen LogP contribution in [0.2, 0.25) is 0 Å². The monoisotopic (exact) mass is 180 g/mol. The van der Waals surface area contributed by atoms with Gasteiger partial charge in [-0.1, -0.05) is 0 Å². The summed E-state index contributed by atoms with van der Waals surface area (Å²) in [4.78, 5) is 5.18. The van der Waals surface area contributed by atoms with Crippen molar-refractivity contribution < 1.29 is 0 Å². The molecule has 0 atom stereocenters. The number of nitrogens with two attached hydrogens (primary N) is 1. The van der Waals surface area contributed by atoms with Crippen LogP contribution in [0.4, 0.5) is 5.00 Å². The summed E-state index contributed by atoms with van der Waals surface area (Å²) in [5.41, 5.74) is 5.58. The molecule has 0 radical (unpaired) electrons. The van der Waals surface area contributed by atoms with E-state index in [9.17, 15) is 0 Å². The molecule has 0 aliphatic heterocycles. The minimum Gasteiger partial charge on any atom is -0.391 e. The fourth-order valence-electron chi connectivity index (χ4n) is 0.926. The molecule has 62 valence electrons. The van der Waals surface area contributed by atoms with Crippen molar-refractivity contribution in [2.45, 2.75) is 6.92 Å². The number of anilines is 1. The van der Waals surface area contributed by atoms with Crippen LogP contribution in [0.1, 0.15) is 5.82 Å². The van der Waals surface area contributed by atoms with Crippen LogP contribution < -0.4 is 5.73 Å². The minimum absolute atomic E-state index is 0.717. The Hall–Kier alpha value is -1.36.